The minimum Gasteiger partial charge on any atom is -0.480 e. The number of alkyl halides is 3. The third-order valence-corrected chi connectivity index (χ3v) is 2.05. The van der Waals surface area contributed by atoms with Crippen molar-refractivity contribution in [3.8, 4) is 5.75 Å². The molecular weight excluding hydrogens is 267 g/mol. The summed E-state index contributed by atoms with van der Waals surface area (Å²) in [6.07, 6.45) is -4.86. The van der Waals surface area contributed by atoms with Gasteiger partial charge in [-0.15, -0.1) is 13.2 Å². The molecule has 0 aliphatic carbocycles. The summed E-state index contributed by atoms with van der Waals surface area (Å²) in [5, 5.41) is 10.7. The third kappa shape index (κ3) is 4.86. The van der Waals surface area contributed by atoms with Gasteiger partial charge < -0.3 is 15.2 Å². The minimum absolute atomic E-state index is 0.130. The predicted molar refractivity (Wildman–Crippen MR) is 57.7 cm³/mol. The number of carbonyl (C=O) groups excluding carboxylic acids is 1. The van der Waals surface area contributed by atoms with Gasteiger partial charge in [0.25, 0.3) is 5.91 Å². The molecule has 0 saturated carbocycles. The van der Waals surface area contributed by atoms with E-state index in [0.717, 1.165) is 12.1 Å². The van der Waals surface area contributed by atoms with Crippen LogP contribution in [-0.4, -0.2) is 29.4 Å². The van der Waals surface area contributed by atoms with E-state index in [1.165, 1.54) is 19.1 Å². The fraction of sp³-hybridized carbons (Fsp3) is 0.273. The Morgan fingerprint density at radius 2 is 2.00 bits per heavy atom. The molecule has 1 rings (SSSR count). The van der Waals surface area contributed by atoms with Crippen LogP contribution in [-0.2, 0) is 4.79 Å². The zero-order chi connectivity index (χ0) is 14.6. The number of aliphatic carboxylic acids is 1. The minimum atomic E-state index is -4.86. The van der Waals surface area contributed by atoms with Crippen molar-refractivity contribution in [2.24, 2.45) is 0 Å². The Morgan fingerprint density at radius 3 is 2.53 bits per heavy atom. The first-order chi connectivity index (χ1) is 8.69. The summed E-state index contributed by atoms with van der Waals surface area (Å²) in [5.74, 6) is -2.61. The van der Waals surface area contributed by atoms with E-state index in [2.05, 4.69) is 10.1 Å². The molecule has 1 unspecified atom stereocenters. The summed E-state index contributed by atoms with van der Waals surface area (Å²) in [5.41, 5.74) is -0.130. The van der Waals surface area contributed by atoms with Gasteiger partial charge in [-0.1, -0.05) is 6.07 Å². The van der Waals surface area contributed by atoms with Crippen LogP contribution in [0.1, 0.15) is 17.3 Å². The zero-order valence-corrected chi connectivity index (χ0v) is 9.69. The van der Waals surface area contributed by atoms with Crippen LogP contribution in [0.15, 0.2) is 24.3 Å². The number of benzene rings is 1. The maximum absolute atomic E-state index is 12.0. The van der Waals surface area contributed by atoms with Crippen LogP contribution in [0.2, 0.25) is 0 Å². The van der Waals surface area contributed by atoms with Crippen LogP contribution in [0.3, 0.4) is 0 Å². The highest BCUT2D eigenvalue weighted by Gasteiger charge is 2.31. The molecule has 0 aromatic heterocycles. The Labute approximate surface area is 106 Å². The van der Waals surface area contributed by atoms with Gasteiger partial charge in [0.2, 0.25) is 0 Å². The number of carboxylic acid groups (broad SMARTS) is 1. The maximum atomic E-state index is 12.0. The molecule has 104 valence electrons. The number of nitrogens with one attached hydrogen (secondary N) is 1. The molecule has 1 aromatic rings. The lowest BCUT2D eigenvalue weighted by Crippen LogP contribution is -2.38. The van der Waals surface area contributed by atoms with E-state index >= 15 is 0 Å². The second-order valence-electron chi connectivity index (χ2n) is 3.61. The lowest BCUT2D eigenvalue weighted by molar-refractivity contribution is -0.274. The fourth-order valence-electron chi connectivity index (χ4n) is 1.18. The molecule has 1 amide bonds. The van der Waals surface area contributed by atoms with Crippen molar-refractivity contribution in [3.63, 3.8) is 0 Å². The van der Waals surface area contributed by atoms with Gasteiger partial charge in [0.05, 0.1) is 0 Å². The smallest absolute Gasteiger partial charge is 0.480 e. The molecule has 0 aliphatic rings. The molecular formula is C11H10F3NO4. The topological polar surface area (TPSA) is 75.6 Å². The SMILES string of the molecule is CC(NC(=O)c1cccc(OC(F)(F)F)c1)C(=O)O. The van der Waals surface area contributed by atoms with E-state index in [9.17, 15) is 22.8 Å². The first-order valence-electron chi connectivity index (χ1n) is 5.08. The van der Waals surface area contributed by atoms with Gasteiger partial charge in [0.1, 0.15) is 11.8 Å². The molecule has 0 bridgehead atoms. The molecule has 2 N–H and O–H groups in total. The first-order valence-corrected chi connectivity index (χ1v) is 5.08. The lowest BCUT2D eigenvalue weighted by Gasteiger charge is -2.11. The summed E-state index contributed by atoms with van der Waals surface area (Å²) >= 11 is 0. The molecule has 0 spiro atoms. The van der Waals surface area contributed by atoms with Gasteiger partial charge in [-0.05, 0) is 25.1 Å². The quantitative estimate of drug-likeness (QED) is 0.879. The second kappa shape index (κ2) is 5.59. The molecule has 0 heterocycles. The Hall–Kier alpha value is -2.25. The zero-order valence-electron chi connectivity index (χ0n) is 9.69. The summed E-state index contributed by atoms with van der Waals surface area (Å²) in [6, 6.07) is 3.19. The number of amides is 1. The monoisotopic (exact) mass is 277 g/mol. The highest BCUT2D eigenvalue weighted by atomic mass is 19.4. The Morgan fingerprint density at radius 1 is 1.37 bits per heavy atom. The van der Waals surface area contributed by atoms with E-state index in [-0.39, 0.29) is 5.56 Å². The van der Waals surface area contributed by atoms with E-state index < -0.39 is 30.0 Å². The molecule has 0 aliphatic heterocycles. The van der Waals surface area contributed by atoms with Crippen LogP contribution in [0.4, 0.5) is 13.2 Å². The van der Waals surface area contributed by atoms with Crippen LogP contribution >= 0.6 is 0 Å². The third-order valence-electron chi connectivity index (χ3n) is 2.05. The van der Waals surface area contributed by atoms with Crippen LogP contribution in [0.25, 0.3) is 0 Å². The Balaban J connectivity index is 2.81. The van der Waals surface area contributed by atoms with Gasteiger partial charge in [0, 0.05) is 5.56 Å². The highest BCUT2D eigenvalue weighted by molar-refractivity contribution is 5.96. The van der Waals surface area contributed by atoms with Gasteiger partial charge in [-0.25, -0.2) is 0 Å². The standard InChI is InChI=1S/C11H10F3NO4/c1-6(10(17)18)15-9(16)7-3-2-4-8(5-7)19-11(12,13)14/h2-6H,1H3,(H,15,16)(H,17,18). The molecule has 19 heavy (non-hydrogen) atoms. The number of halogens is 3. The average Bonchev–Trinajstić information content (AvgIpc) is 2.26. The van der Waals surface area contributed by atoms with Crippen molar-refractivity contribution in [2.75, 3.05) is 0 Å². The summed E-state index contributed by atoms with van der Waals surface area (Å²) in [7, 11) is 0. The molecule has 5 nitrogen and oxygen atoms in total. The van der Waals surface area contributed by atoms with Crippen molar-refractivity contribution < 1.29 is 32.6 Å². The van der Waals surface area contributed by atoms with Gasteiger partial charge in [0.15, 0.2) is 0 Å². The van der Waals surface area contributed by atoms with Gasteiger partial charge >= 0.3 is 12.3 Å². The number of hydrogen-bond acceptors (Lipinski definition) is 3. The molecule has 8 heteroatoms. The number of carbonyl (C=O) groups is 2. The molecule has 0 saturated heterocycles. The van der Waals surface area contributed by atoms with E-state index in [4.69, 9.17) is 5.11 Å². The van der Waals surface area contributed by atoms with Crippen molar-refractivity contribution >= 4 is 11.9 Å². The van der Waals surface area contributed by atoms with Crippen molar-refractivity contribution in [1.29, 1.82) is 0 Å². The highest BCUT2D eigenvalue weighted by Crippen LogP contribution is 2.23. The fourth-order valence-corrected chi connectivity index (χ4v) is 1.18. The number of carboxylic acids is 1. The van der Waals surface area contributed by atoms with E-state index in [1.807, 2.05) is 0 Å². The second-order valence-corrected chi connectivity index (χ2v) is 3.61. The molecule has 1 aromatic carbocycles. The van der Waals surface area contributed by atoms with Gasteiger partial charge in [-0.3, -0.25) is 9.59 Å². The summed E-state index contributed by atoms with van der Waals surface area (Å²) in [4.78, 5) is 22.1. The average molecular weight is 277 g/mol. The van der Waals surface area contributed by atoms with E-state index in [0.29, 0.717) is 0 Å². The van der Waals surface area contributed by atoms with E-state index in [1.54, 1.807) is 0 Å². The van der Waals surface area contributed by atoms with Crippen LogP contribution < -0.4 is 10.1 Å². The van der Waals surface area contributed by atoms with Crippen molar-refractivity contribution in [3.05, 3.63) is 29.8 Å². The predicted octanol–water partition coefficient (Wildman–Crippen LogP) is 1.79. The Kier molecular flexibility index (Phi) is 4.36. The van der Waals surface area contributed by atoms with Crippen molar-refractivity contribution in [1.82, 2.24) is 5.32 Å². The summed E-state index contributed by atoms with van der Waals surface area (Å²) in [6.45, 7) is 1.23. The van der Waals surface area contributed by atoms with Crippen LogP contribution in [0.5, 0.6) is 5.75 Å². The lowest BCUT2D eigenvalue weighted by atomic mass is 10.2. The molecule has 0 fully saturated rings. The van der Waals surface area contributed by atoms with Gasteiger partial charge in [-0.2, -0.15) is 0 Å². The number of ether oxygens (including phenoxy) is 1. The number of hydrogen-bond donors (Lipinski definition) is 2. The molecule has 1 atom stereocenters. The van der Waals surface area contributed by atoms with Crippen LogP contribution in [0, 0.1) is 0 Å². The Bertz CT molecular complexity index is 487. The summed E-state index contributed by atoms with van der Waals surface area (Å²) < 4.78 is 39.6. The number of rotatable bonds is 4. The maximum Gasteiger partial charge on any atom is 0.573 e. The molecule has 0 radical (unpaired) electrons. The van der Waals surface area contributed by atoms with Crippen molar-refractivity contribution in [2.45, 2.75) is 19.3 Å². The largest absolute Gasteiger partial charge is 0.573 e. The normalized spacial score (nSPS) is 12.6. The first kappa shape index (κ1) is 14.8.